The maximum Gasteiger partial charge on any atom is 1.00 e. The fourth-order valence-corrected chi connectivity index (χ4v) is 9.13. The Balaban J connectivity index is 0.00000156. The van der Waals surface area contributed by atoms with E-state index in [-0.39, 0.29) is 105 Å². The van der Waals surface area contributed by atoms with Crippen molar-refractivity contribution in [2.75, 3.05) is 0 Å². The molecule has 0 fully saturated rings. The largest absolute Gasteiger partial charge is 1.00 e. The van der Waals surface area contributed by atoms with Crippen molar-refractivity contribution in [3.8, 4) is 11.5 Å². The summed E-state index contributed by atoms with van der Waals surface area (Å²) < 4.78 is 83.4. The Morgan fingerprint density at radius 1 is 0.523 bits per heavy atom. The van der Waals surface area contributed by atoms with E-state index in [4.69, 9.17) is 8.37 Å². The van der Waals surface area contributed by atoms with E-state index < -0.39 is 20.8 Å². The first kappa shape index (κ1) is 30.7. The van der Waals surface area contributed by atoms with Crippen molar-refractivity contribution in [1.29, 1.82) is 0 Å². The predicted octanol–water partition coefficient (Wildman–Crippen LogP) is -0.359. The summed E-state index contributed by atoms with van der Waals surface area (Å²) in [5.74, 6) is -0.870. The third-order valence-electron chi connectivity index (χ3n) is 9.70. The van der Waals surface area contributed by atoms with Gasteiger partial charge in [-0.1, -0.05) is 60.7 Å². The van der Waals surface area contributed by atoms with Gasteiger partial charge >= 0.3 is 59.1 Å². The van der Waals surface area contributed by atoms with Crippen LogP contribution in [0.15, 0.2) is 72.8 Å². The molecule has 0 heterocycles. The normalized spacial score (nSPS) is 21.7. The van der Waals surface area contributed by atoms with E-state index in [2.05, 4.69) is 12.1 Å². The molecule has 0 spiro atoms. The molecule has 210 valence electrons. The maximum atomic E-state index is 12.2. The molecule has 4 unspecified atom stereocenters. The van der Waals surface area contributed by atoms with Crippen LogP contribution in [-0.4, -0.2) is 25.9 Å². The first-order chi connectivity index (χ1) is 20.1. The van der Waals surface area contributed by atoms with Gasteiger partial charge in [-0.15, -0.1) is 0 Å². The summed E-state index contributed by atoms with van der Waals surface area (Å²) in [6, 6.07) is 23.6. The Morgan fingerprint density at radius 2 is 0.886 bits per heavy atom. The second-order valence-electron chi connectivity index (χ2n) is 11.6. The molecule has 0 saturated heterocycles. The van der Waals surface area contributed by atoms with Gasteiger partial charge in [-0.3, -0.25) is 0 Å². The summed E-state index contributed by atoms with van der Waals surface area (Å²) >= 11 is 0. The Kier molecular flexibility index (Phi) is 7.16. The number of hydrogen-bond donors (Lipinski definition) is 0. The van der Waals surface area contributed by atoms with Crippen LogP contribution in [0.25, 0.3) is 21.5 Å². The molecule has 4 atom stereocenters. The molecule has 0 radical (unpaired) electrons. The first-order valence-corrected chi connectivity index (χ1v) is 16.3. The Morgan fingerprint density at radius 3 is 1.30 bits per heavy atom. The van der Waals surface area contributed by atoms with Gasteiger partial charge in [0.2, 0.25) is 0 Å². The quantitative estimate of drug-likeness (QED) is 0.148. The molecule has 0 N–H and O–H groups in total. The van der Waals surface area contributed by atoms with Gasteiger partial charge in [0, 0.05) is 45.6 Å². The smallest absolute Gasteiger partial charge is 0.716 e. The molecule has 12 heteroatoms. The van der Waals surface area contributed by atoms with Crippen molar-refractivity contribution in [2.45, 2.75) is 36.5 Å². The zero-order valence-electron chi connectivity index (χ0n) is 23.7. The van der Waals surface area contributed by atoms with Gasteiger partial charge < -0.3 is 17.5 Å². The van der Waals surface area contributed by atoms with E-state index in [1.807, 2.05) is 48.5 Å². The number of hydrogen-bond acceptors (Lipinski definition) is 8. The molecule has 9 rings (SSSR count). The molecule has 44 heavy (non-hydrogen) atoms. The standard InChI is InChI=1S/C32H22O8S2.2Na/c33-41(34,35)39-31-27-12-23-21-11-22(18-8-4-3-7-17(18)21)24(23)13-28(27)32(40-42(36,37)38)30-26-14-25(29(30)31)19-9-15-5-1-2-6-16(15)10-20(19)26;;/h1-10,12-13,21-22,25-26H,11,14H2,(H,33,34,35)(H,36,37,38);;/q;2*+1/p-2. The van der Waals surface area contributed by atoms with Crippen LogP contribution in [0.1, 0.15) is 81.0 Å². The van der Waals surface area contributed by atoms with Gasteiger partial charge in [-0.25, -0.2) is 16.8 Å². The van der Waals surface area contributed by atoms with Gasteiger partial charge in [0.25, 0.3) is 20.8 Å². The van der Waals surface area contributed by atoms with Crippen molar-refractivity contribution in [3.63, 3.8) is 0 Å². The van der Waals surface area contributed by atoms with Crippen molar-refractivity contribution >= 4 is 42.3 Å². The second-order valence-corrected chi connectivity index (χ2v) is 13.6. The van der Waals surface area contributed by atoms with Crippen LogP contribution < -0.4 is 67.5 Å². The Bertz CT molecular complexity index is 2150. The molecular weight excluding hydrogens is 622 g/mol. The molecule has 0 aliphatic heterocycles. The summed E-state index contributed by atoms with van der Waals surface area (Å²) in [6.45, 7) is 0. The van der Waals surface area contributed by atoms with Crippen LogP contribution in [0, 0.1) is 0 Å². The molecule has 8 nitrogen and oxygen atoms in total. The third kappa shape index (κ3) is 4.38. The summed E-state index contributed by atoms with van der Waals surface area (Å²) in [5, 5.41) is 2.48. The fourth-order valence-electron chi connectivity index (χ4n) is 8.36. The van der Waals surface area contributed by atoms with Crippen LogP contribution >= 0.6 is 0 Å². The molecule has 4 aliphatic carbocycles. The average Bonchev–Trinajstić information content (AvgIpc) is 3.70. The van der Waals surface area contributed by atoms with Gasteiger partial charge in [0.1, 0.15) is 0 Å². The minimum absolute atomic E-state index is 0. The Hall–Kier alpha value is -1.96. The van der Waals surface area contributed by atoms with Crippen LogP contribution in [0.2, 0.25) is 0 Å². The summed E-state index contributed by atoms with van der Waals surface area (Å²) in [5.41, 5.74) is 6.97. The van der Waals surface area contributed by atoms with E-state index in [0.29, 0.717) is 17.5 Å². The van der Waals surface area contributed by atoms with Gasteiger partial charge in [0.15, 0.2) is 11.5 Å². The summed E-state index contributed by atoms with van der Waals surface area (Å²) in [6.07, 6.45) is 1.32. The van der Waals surface area contributed by atoms with E-state index in [1.54, 1.807) is 12.1 Å². The SMILES string of the molecule is O=S(=O)([O-])Oc1c2c(c(OS(=O)(=O)[O-])c3cc4c(cc13)C1CC4c3ccccc31)C1CC2c2cc3ccccc3cc21.[Na+].[Na+]. The first-order valence-electron chi connectivity index (χ1n) is 13.6. The molecule has 4 aliphatic rings. The van der Waals surface area contributed by atoms with E-state index >= 15 is 0 Å². The number of rotatable bonds is 4. The molecular formula is C32H20Na2O8S2. The minimum Gasteiger partial charge on any atom is -0.716 e. The van der Waals surface area contributed by atoms with Crippen LogP contribution in [0.5, 0.6) is 11.5 Å². The van der Waals surface area contributed by atoms with Gasteiger partial charge in [-0.2, -0.15) is 0 Å². The van der Waals surface area contributed by atoms with Crippen molar-refractivity contribution < 1.29 is 93.4 Å². The van der Waals surface area contributed by atoms with Gasteiger partial charge in [-0.05, 0) is 69.1 Å². The van der Waals surface area contributed by atoms with E-state index in [9.17, 15) is 25.9 Å². The van der Waals surface area contributed by atoms with Gasteiger partial charge in [0.05, 0.1) is 0 Å². The number of benzene rings is 5. The van der Waals surface area contributed by atoms with Crippen LogP contribution in [-0.2, 0) is 20.8 Å². The average molecular weight is 643 g/mol. The maximum absolute atomic E-state index is 12.2. The summed E-state index contributed by atoms with van der Waals surface area (Å²) in [4.78, 5) is 0. The topological polar surface area (TPSA) is 133 Å². The molecule has 4 bridgehead atoms. The third-order valence-corrected chi connectivity index (χ3v) is 10.4. The number of fused-ring (bicyclic) bond motifs is 18. The minimum atomic E-state index is -5.21. The molecule has 0 saturated carbocycles. The van der Waals surface area contributed by atoms with E-state index in [1.165, 1.54) is 11.1 Å². The second kappa shape index (κ2) is 10.3. The van der Waals surface area contributed by atoms with Crippen molar-refractivity contribution in [2.24, 2.45) is 0 Å². The summed E-state index contributed by atoms with van der Waals surface area (Å²) in [7, 11) is -10.4. The monoisotopic (exact) mass is 642 g/mol. The predicted molar refractivity (Wildman–Crippen MR) is 152 cm³/mol. The Labute approximate surface area is 298 Å². The molecule has 5 aromatic carbocycles. The zero-order chi connectivity index (χ0) is 28.7. The van der Waals surface area contributed by atoms with Crippen molar-refractivity contribution in [3.05, 3.63) is 117 Å². The molecule has 0 amide bonds. The van der Waals surface area contributed by atoms with E-state index in [0.717, 1.165) is 39.4 Å². The van der Waals surface area contributed by atoms with Crippen LogP contribution in [0.4, 0.5) is 0 Å². The molecule has 0 aromatic heterocycles. The van der Waals surface area contributed by atoms with Crippen LogP contribution in [0.3, 0.4) is 0 Å². The molecule has 5 aromatic rings. The zero-order valence-corrected chi connectivity index (χ0v) is 29.4. The fraction of sp³-hybridized carbons (Fsp3) is 0.188. The van der Waals surface area contributed by atoms with Crippen molar-refractivity contribution in [1.82, 2.24) is 0 Å².